The number of aromatic nitrogens is 2. The van der Waals surface area contributed by atoms with Crippen molar-refractivity contribution in [3.8, 4) is 11.5 Å². The Kier molecular flexibility index (Phi) is 3.19. The lowest BCUT2D eigenvalue weighted by Gasteiger charge is -2.24. The van der Waals surface area contributed by atoms with Crippen molar-refractivity contribution in [1.82, 2.24) is 10.2 Å². The number of rotatable bonds is 2. The molecule has 0 radical (unpaired) electrons. The third-order valence-corrected chi connectivity index (χ3v) is 3.35. The van der Waals surface area contributed by atoms with Crippen LogP contribution < -0.4 is 4.90 Å². The van der Waals surface area contributed by atoms with Gasteiger partial charge in [-0.25, -0.2) is 0 Å². The molecule has 18 heavy (non-hydrogen) atoms. The average Bonchev–Trinajstić information content (AvgIpc) is 2.89. The van der Waals surface area contributed by atoms with Gasteiger partial charge in [-0.05, 0) is 37.5 Å². The van der Waals surface area contributed by atoms with Gasteiger partial charge in [-0.15, -0.1) is 5.10 Å². The third kappa shape index (κ3) is 2.34. The summed E-state index contributed by atoms with van der Waals surface area (Å²) in [6.07, 6.45) is 3.66. The second kappa shape index (κ2) is 4.98. The second-order valence-corrected chi connectivity index (χ2v) is 4.88. The zero-order chi connectivity index (χ0) is 12.4. The Balaban J connectivity index is 1.84. The highest BCUT2D eigenvalue weighted by Gasteiger charge is 2.17. The third-order valence-electron chi connectivity index (χ3n) is 3.11. The molecular formula is C13H14ClN3O. The predicted octanol–water partition coefficient (Wildman–Crippen LogP) is 3.38. The van der Waals surface area contributed by atoms with Crippen molar-refractivity contribution >= 4 is 17.6 Å². The number of nitrogens with zero attached hydrogens (tertiary/aromatic N) is 3. The summed E-state index contributed by atoms with van der Waals surface area (Å²) in [5.74, 6) is 0.526. The minimum atomic E-state index is 0.526. The molecule has 2 heterocycles. The van der Waals surface area contributed by atoms with Gasteiger partial charge in [-0.1, -0.05) is 22.8 Å². The van der Waals surface area contributed by atoms with Crippen molar-refractivity contribution in [2.45, 2.75) is 19.3 Å². The maximum absolute atomic E-state index is 5.95. The van der Waals surface area contributed by atoms with Gasteiger partial charge in [0.25, 0.3) is 0 Å². The van der Waals surface area contributed by atoms with Gasteiger partial charge in [0.1, 0.15) is 0 Å². The second-order valence-electron chi connectivity index (χ2n) is 4.45. The van der Waals surface area contributed by atoms with Crippen LogP contribution in [0.3, 0.4) is 0 Å². The molecule has 0 unspecified atom stereocenters. The van der Waals surface area contributed by atoms with Gasteiger partial charge in [-0.3, -0.25) is 0 Å². The van der Waals surface area contributed by atoms with E-state index >= 15 is 0 Å². The van der Waals surface area contributed by atoms with Crippen LogP contribution in [0.2, 0.25) is 5.02 Å². The Morgan fingerprint density at radius 1 is 1.11 bits per heavy atom. The summed E-state index contributed by atoms with van der Waals surface area (Å²) in [4.78, 5) is 2.14. The summed E-state index contributed by atoms with van der Waals surface area (Å²) in [5, 5.41) is 8.87. The summed E-state index contributed by atoms with van der Waals surface area (Å²) in [7, 11) is 0. The van der Waals surface area contributed by atoms with Crippen molar-refractivity contribution in [3.05, 3.63) is 29.3 Å². The molecule has 94 valence electrons. The van der Waals surface area contributed by atoms with Gasteiger partial charge >= 0.3 is 6.01 Å². The lowest BCUT2D eigenvalue weighted by molar-refractivity contribution is 0.498. The molecular weight excluding hydrogens is 250 g/mol. The molecule has 0 N–H and O–H groups in total. The van der Waals surface area contributed by atoms with Crippen LogP contribution in [0.25, 0.3) is 11.5 Å². The Bertz CT molecular complexity index is 535. The maximum Gasteiger partial charge on any atom is 0.318 e. The largest absolute Gasteiger partial charge is 0.403 e. The molecule has 0 saturated carbocycles. The number of hydrogen-bond acceptors (Lipinski definition) is 4. The maximum atomic E-state index is 5.95. The molecule has 2 aromatic rings. The van der Waals surface area contributed by atoms with Gasteiger partial charge in [0.05, 0.1) is 0 Å². The molecule has 1 saturated heterocycles. The molecule has 0 atom stereocenters. The van der Waals surface area contributed by atoms with Gasteiger partial charge in [-0.2, -0.15) is 0 Å². The van der Waals surface area contributed by atoms with Gasteiger partial charge < -0.3 is 9.32 Å². The minimum Gasteiger partial charge on any atom is -0.403 e. The van der Waals surface area contributed by atoms with Crippen molar-refractivity contribution < 1.29 is 4.42 Å². The van der Waals surface area contributed by atoms with E-state index in [4.69, 9.17) is 16.0 Å². The summed E-state index contributed by atoms with van der Waals surface area (Å²) < 4.78 is 5.71. The molecule has 3 rings (SSSR count). The van der Waals surface area contributed by atoms with E-state index in [-0.39, 0.29) is 0 Å². The number of benzene rings is 1. The molecule has 0 amide bonds. The molecule has 5 heteroatoms. The fraction of sp³-hybridized carbons (Fsp3) is 0.385. The zero-order valence-electron chi connectivity index (χ0n) is 9.97. The van der Waals surface area contributed by atoms with Crippen molar-refractivity contribution in [2.24, 2.45) is 0 Å². The lowest BCUT2D eigenvalue weighted by atomic mass is 10.1. The topological polar surface area (TPSA) is 42.2 Å². The fourth-order valence-electron chi connectivity index (χ4n) is 2.17. The Morgan fingerprint density at radius 2 is 1.94 bits per heavy atom. The average molecular weight is 264 g/mol. The molecule has 0 spiro atoms. The van der Waals surface area contributed by atoms with Crippen LogP contribution in [-0.2, 0) is 0 Å². The number of halogens is 1. The van der Waals surface area contributed by atoms with Crippen LogP contribution in [0.1, 0.15) is 19.3 Å². The van der Waals surface area contributed by atoms with E-state index in [1.165, 1.54) is 19.3 Å². The van der Waals surface area contributed by atoms with Crippen LogP contribution in [0, 0.1) is 0 Å². The van der Waals surface area contributed by atoms with E-state index < -0.39 is 0 Å². The Morgan fingerprint density at radius 3 is 2.72 bits per heavy atom. The lowest BCUT2D eigenvalue weighted by Crippen LogP contribution is -2.29. The number of anilines is 1. The van der Waals surface area contributed by atoms with Crippen LogP contribution in [0.4, 0.5) is 6.01 Å². The van der Waals surface area contributed by atoms with E-state index in [2.05, 4.69) is 15.1 Å². The summed E-state index contributed by atoms with van der Waals surface area (Å²) in [6, 6.07) is 8.06. The van der Waals surface area contributed by atoms with E-state index in [1.807, 2.05) is 24.3 Å². The van der Waals surface area contributed by atoms with Crippen LogP contribution in [0.5, 0.6) is 0 Å². The first-order valence-electron chi connectivity index (χ1n) is 6.17. The van der Waals surface area contributed by atoms with Crippen LogP contribution in [-0.4, -0.2) is 23.3 Å². The molecule has 4 nitrogen and oxygen atoms in total. The molecule has 0 bridgehead atoms. The van der Waals surface area contributed by atoms with Gasteiger partial charge in [0, 0.05) is 23.7 Å². The van der Waals surface area contributed by atoms with Gasteiger partial charge in [0.15, 0.2) is 0 Å². The van der Waals surface area contributed by atoms with Crippen molar-refractivity contribution in [1.29, 1.82) is 0 Å². The van der Waals surface area contributed by atoms with E-state index in [0.29, 0.717) is 16.9 Å². The molecule has 1 aromatic carbocycles. The monoisotopic (exact) mass is 263 g/mol. The van der Waals surface area contributed by atoms with E-state index in [0.717, 1.165) is 18.7 Å². The molecule has 1 aliphatic heterocycles. The summed E-state index contributed by atoms with van der Waals surface area (Å²) in [5.41, 5.74) is 0.859. The number of hydrogen-bond donors (Lipinski definition) is 0. The molecule has 1 fully saturated rings. The highest BCUT2D eigenvalue weighted by Crippen LogP contribution is 2.25. The van der Waals surface area contributed by atoms with Crippen LogP contribution in [0.15, 0.2) is 28.7 Å². The predicted molar refractivity (Wildman–Crippen MR) is 70.8 cm³/mol. The van der Waals surface area contributed by atoms with Crippen LogP contribution >= 0.6 is 11.6 Å². The zero-order valence-corrected chi connectivity index (χ0v) is 10.7. The molecule has 1 aliphatic rings. The first kappa shape index (κ1) is 11.5. The summed E-state index contributed by atoms with van der Waals surface area (Å²) in [6.45, 7) is 1.99. The fourth-order valence-corrected chi connectivity index (χ4v) is 2.36. The van der Waals surface area contributed by atoms with E-state index in [9.17, 15) is 0 Å². The minimum absolute atomic E-state index is 0.526. The van der Waals surface area contributed by atoms with Crippen molar-refractivity contribution in [2.75, 3.05) is 18.0 Å². The summed E-state index contributed by atoms with van der Waals surface area (Å²) >= 11 is 5.95. The highest BCUT2D eigenvalue weighted by atomic mass is 35.5. The quantitative estimate of drug-likeness (QED) is 0.833. The standard InChI is InChI=1S/C13H14ClN3O/c14-11-6-4-5-10(9-11)12-15-16-13(18-12)17-7-2-1-3-8-17/h4-6,9H,1-3,7-8H2. The number of piperidine rings is 1. The van der Waals surface area contributed by atoms with E-state index in [1.54, 1.807) is 0 Å². The smallest absolute Gasteiger partial charge is 0.318 e. The normalized spacial score (nSPS) is 15.9. The first-order chi connectivity index (χ1) is 8.83. The Labute approximate surface area is 111 Å². The molecule has 1 aromatic heterocycles. The van der Waals surface area contributed by atoms with Crippen molar-refractivity contribution in [3.63, 3.8) is 0 Å². The molecule has 0 aliphatic carbocycles. The van der Waals surface area contributed by atoms with Gasteiger partial charge in [0.2, 0.25) is 5.89 Å². The SMILES string of the molecule is Clc1cccc(-c2nnc(N3CCCCC3)o2)c1. The first-order valence-corrected chi connectivity index (χ1v) is 6.55. The highest BCUT2D eigenvalue weighted by molar-refractivity contribution is 6.30. The Hall–Kier alpha value is -1.55.